The van der Waals surface area contributed by atoms with Crippen molar-refractivity contribution in [1.82, 2.24) is 9.97 Å². The maximum atomic E-state index is 11.2. The molecular formula is C13H21N5O2. The first-order valence-electron chi connectivity index (χ1n) is 7.19. The Morgan fingerprint density at radius 2 is 2.35 bits per heavy atom. The highest BCUT2D eigenvalue weighted by molar-refractivity contribution is 5.60. The molecule has 1 aliphatic heterocycles. The Hall–Kier alpha value is -1.92. The standard InChI is InChI=1S/C13H21N5O2/c1-3-7-14-13-15-9-11(18(19)20)12(16-13)17-8-5-6-10(17)4-2/h9-10H,3-8H2,1-2H3,(H,14,15,16). The third-order valence-electron chi connectivity index (χ3n) is 3.60. The molecule has 1 N–H and O–H groups in total. The van der Waals surface area contributed by atoms with Gasteiger partial charge in [0.05, 0.1) is 4.92 Å². The van der Waals surface area contributed by atoms with Crippen LogP contribution in [0.1, 0.15) is 39.5 Å². The van der Waals surface area contributed by atoms with Gasteiger partial charge in [0.1, 0.15) is 6.20 Å². The van der Waals surface area contributed by atoms with Crippen LogP contribution in [0.4, 0.5) is 17.5 Å². The topological polar surface area (TPSA) is 84.2 Å². The van der Waals surface area contributed by atoms with Crippen molar-refractivity contribution in [2.45, 2.75) is 45.6 Å². The molecule has 0 spiro atoms. The molecule has 1 aliphatic rings. The van der Waals surface area contributed by atoms with Crippen LogP contribution in [0.15, 0.2) is 6.20 Å². The van der Waals surface area contributed by atoms with E-state index in [0.29, 0.717) is 17.8 Å². The third-order valence-corrected chi connectivity index (χ3v) is 3.60. The zero-order valence-electron chi connectivity index (χ0n) is 12.0. The summed E-state index contributed by atoms with van der Waals surface area (Å²) in [5, 5.41) is 14.3. The Labute approximate surface area is 118 Å². The van der Waals surface area contributed by atoms with E-state index < -0.39 is 4.92 Å². The van der Waals surface area contributed by atoms with E-state index in [1.807, 2.05) is 6.92 Å². The summed E-state index contributed by atoms with van der Waals surface area (Å²) in [6.45, 7) is 5.73. The molecule has 0 amide bonds. The fourth-order valence-corrected chi connectivity index (χ4v) is 2.57. The van der Waals surface area contributed by atoms with Crippen LogP contribution in [0.25, 0.3) is 0 Å². The fraction of sp³-hybridized carbons (Fsp3) is 0.692. The lowest BCUT2D eigenvalue weighted by molar-refractivity contribution is -0.384. The summed E-state index contributed by atoms with van der Waals surface area (Å²) in [4.78, 5) is 21.2. The van der Waals surface area contributed by atoms with Gasteiger partial charge < -0.3 is 10.2 Å². The van der Waals surface area contributed by atoms with Crippen LogP contribution in [0.2, 0.25) is 0 Å². The van der Waals surface area contributed by atoms with Crippen LogP contribution in [0.3, 0.4) is 0 Å². The van der Waals surface area contributed by atoms with E-state index >= 15 is 0 Å². The number of nitrogens with one attached hydrogen (secondary N) is 1. The second-order valence-corrected chi connectivity index (χ2v) is 4.98. The Kier molecular flexibility index (Phi) is 4.70. The van der Waals surface area contributed by atoms with E-state index in [-0.39, 0.29) is 5.69 Å². The van der Waals surface area contributed by atoms with E-state index in [1.165, 1.54) is 6.20 Å². The second kappa shape index (κ2) is 6.49. The van der Waals surface area contributed by atoms with Crippen molar-refractivity contribution >= 4 is 17.5 Å². The summed E-state index contributed by atoms with van der Waals surface area (Å²) >= 11 is 0. The molecule has 1 fully saturated rings. The fourth-order valence-electron chi connectivity index (χ4n) is 2.57. The lowest BCUT2D eigenvalue weighted by Crippen LogP contribution is -2.30. The molecule has 2 rings (SSSR count). The van der Waals surface area contributed by atoms with Gasteiger partial charge in [0, 0.05) is 19.1 Å². The molecular weight excluding hydrogens is 258 g/mol. The summed E-state index contributed by atoms with van der Waals surface area (Å²) in [6, 6.07) is 0.336. The first-order valence-corrected chi connectivity index (χ1v) is 7.19. The van der Waals surface area contributed by atoms with Crippen molar-refractivity contribution in [2.24, 2.45) is 0 Å². The van der Waals surface area contributed by atoms with Crippen molar-refractivity contribution in [3.8, 4) is 0 Å². The molecule has 110 valence electrons. The zero-order valence-corrected chi connectivity index (χ0v) is 12.0. The molecule has 0 radical (unpaired) electrons. The molecule has 0 saturated carbocycles. The average Bonchev–Trinajstić information content (AvgIpc) is 2.92. The van der Waals surface area contributed by atoms with Crippen molar-refractivity contribution in [2.75, 3.05) is 23.3 Å². The van der Waals surface area contributed by atoms with Gasteiger partial charge in [-0.1, -0.05) is 13.8 Å². The smallest absolute Gasteiger partial charge is 0.329 e. The van der Waals surface area contributed by atoms with Crippen LogP contribution < -0.4 is 10.2 Å². The van der Waals surface area contributed by atoms with Crippen LogP contribution in [-0.4, -0.2) is 34.0 Å². The van der Waals surface area contributed by atoms with Crippen molar-refractivity contribution < 1.29 is 4.92 Å². The van der Waals surface area contributed by atoms with E-state index in [4.69, 9.17) is 0 Å². The quantitative estimate of drug-likeness (QED) is 0.636. The molecule has 0 aliphatic carbocycles. The second-order valence-electron chi connectivity index (χ2n) is 4.98. The zero-order chi connectivity index (χ0) is 14.5. The predicted octanol–water partition coefficient (Wildman–Crippen LogP) is 2.59. The number of hydrogen-bond acceptors (Lipinski definition) is 6. The highest BCUT2D eigenvalue weighted by Crippen LogP contribution is 2.32. The monoisotopic (exact) mass is 279 g/mol. The molecule has 1 saturated heterocycles. The van der Waals surface area contributed by atoms with Gasteiger partial charge in [0.2, 0.25) is 11.8 Å². The van der Waals surface area contributed by atoms with Crippen molar-refractivity contribution in [1.29, 1.82) is 0 Å². The molecule has 7 heteroatoms. The van der Waals surface area contributed by atoms with Gasteiger partial charge in [0.15, 0.2) is 0 Å². The molecule has 0 aromatic carbocycles. The van der Waals surface area contributed by atoms with Gasteiger partial charge in [-0.05, 0) is 25.7 Å². The van der Waals surface area contributed by atoms with E-state index in [1.54, 1.807) is 0 Å². The summed E-state index contributed by atoms with van der Waals surface area (Å²) in [7, 11) is 0. The minimum absolute atomic E-state index is 0.00704. The van der Waals surface area contributed by atoms with Crippen LogP contribution in [0, 0.1) is 10.1 Å². The highest BCUT2D eigenvalue weighted by Gasteiger charge is 2.30. The molecule has 0 bridgehead atoms. The third kappa shape index (κ3) is 2.97. The largest absolute Gasteiger partial charge is 0.354 e. The number of hydrogen-bond donors (Lipinski definition) is 1. The Morgan fingerprint density at radius 1 is 1.55 bits per heavy atom. The Morgan fingerprint density at radius 3 is 3.00 bits per heavy atom. The maximum absolute atomic E-state index is 11.2. The van der Waals surface area contributed by atoms with Gasteiger partial charge in [-0.3, -0.25) is 10.1 Å². The van der Waals surface area contributed by atoms with E-state index in [2.05, 4.69) is 27.1 Å². The molecule has 20 heavy (non-hydrogen) atoms. The van der Waals surface area contributed by atoms with Gasteiger partial charge in [-0.15, -0.1) is 0 Å². The van der Waals surface area contributed by atoms with Gasteiger partial charge in [-0.2, -0.15) is 4.98 Å². The summed E-state index contributed by atoms with van der Waals surface area (Å²) < 4.78 is 0. The van der Waals surface area contributed by atoms with Crippen LogP contribution >= 0.6 is 0 Å². The van der Waals surface area contributed by atoms with Gasteiger partial charge >= 0.3 is 5.69 Å². The molecule has 2 heterocycles. The molecule has 1 atom stereocenters. The van der Waals surface area contributed by atoms with Crippen molar-refractivity contribution in [3.05, 3.63) is 16.3 Å². The number of rotatable bonds is 6. The minimum atomic E-state index is -0.399. The van der Waals surface area contributed by atoms with Gasteiger partial charge in [0.25, 0.3) is 0 Å². The lowest BCUT2D eigenvalue weighted by Gasteiger charge is -2.24. The van der Waals surface area contributed by atoms with Crippen LogP contribution in [0.5, 0.6) is 0 Å². The molecule has 1 aromatic rings. The van der Waals surface area contributed by atoms with E-state index in [0.717, 1.165) is 38.8 Å². The maximum Gasteiger partial charge on any atom is 0.329 e. The first kappa shape index (κ1) is 14.5. The SMILES string of the molecule is CCCNc1ncc([N+](=O)[O-])c(N2CCCC2CC)n1. The van der Waals surface area contributed by atoms with Crippen LogP contribution in [-0.2, 0) is 0 Å². The van der Waals surface area contributed by atoms with E-state index in [9.17, 15) is 10.1 Å². The normalized spacial score (nSPS) is 18.3. The molecule has 1 aromatic heterocycles. The number of aromatic nitrogens is 2. The Bertz CT molecular complexity index is 480. The molecule has 1 unspecified atom stereocenters. The minimum Gasteiger partial charge on any atom is -0.354 e. The number of nitrogens with zero attached hydrogens (tertiary/aromatic N) is 4. The first-order chi connectivity index (χ1) is 9.67. The summed E-state index contributed by atoms with van der Waals surface area (Å²) in [5.74, 6) is 0.919. The number of anilines is 2. The predicted molar refractivity (Wildman–Crippen MR) is 78.1 cm³/mol. The lowest BCUT2D eigenvalue weighted by atomic mass is 10.2. The van der Waals surface area contributed by atoms with Gasteiger partial charge in [-0.25, -0.2) is 4.98 Å². The average molecular weight is 279 g/mol. The highest BCUT2D eigenvalue weighted by atomic mass is 16.6. The summed E-state index contributed by atoms with van der Waals surface area (Å²) in [5.41, 5.74) is -0.00704. The molecule has 7 nitrogen and oxygen atoms in total. The Balaban J connectivity index is 2.33. The summed E-state index contributed by atoms with van der Waals surface area (Å²) in [6.07, 6.45) is 5.36. The number of nitro groups is 1. The van der Waals surface area contributed by atoms with Crippen molar-refractivity contribution in [3.63, 3.8) is 0 Å².